The summed E-state index contributed by atoms with van der Waals surface area (Å²) in [6.45, 7) is 8.46. The second-order valence-electron chi connectivity index (χ2n) is 5.36. The van der Waals surface area contributed by atoms with Gasteiger partial charge in [0.1, 0.15) is 0 Å². The van der Waals surface area contributed by atoms with E-state index in [-0.39, 0.29) is 0 Å². The molecule has 0 unspecified atom stereocenters. The van der Waals surface area contributed by atoms with Gasteiger partial charge in [0.15, 0.2) is 0 Å². The molecule has 0 fully saturated rings. The topological polar surface area (TPSA) is 27.7 Å². The van der Waals surface area contributed by atoms with Crippen LogP contribution in [0.2, 0.25) is 0 Å². The first-order valence-electron chi connectivity index (χ1n) is 8.25. The summed E-state index contributed by atoms with van der Waals surface area (Å²) in [6.07, 6.45) is 2.94. The first kappa shape index (κ1) is 20.1. The van der Waals surface area contributed by atoms with Gasteiger partial charge in [-0.2, -0.15) is 0 Å². The average Bonchev–Trinajstić information content (AvgIpc) is 2.56. The highest BCUT2D eigenvalue weighted by molar-refractivity contribution is 14.1. The zero-order valence-electron chi connectivity index (χ0n) is 14.1. The zero-order valence-corrected chi connectivity index (χ0v) is 17.2. The number of rotatable bonds is 12. The summed E-state index contributed by atoms with van der Waals surface area (Å²) in [5.74, 6) is 0. The molecule has 1 aromatic rings. The molecule has 0 amide bonds. The Morgan fingerprint density at radius 3 is 1.55 bits per heavy atom. The largest absolute Gasteiger partial charge is 0.505 e. The lowest BCUT2D eigenvalue weighted by Crippen LogP contribution is -2.49. The van der Waals surface area contributed by atoms with Crippen LogP contribution in [0.15, 0.2) is 24.3 Å². The Bertz CT molecular complexity index is 376. The Balaban J connectivity index is 2.87. The molecule has 22 heavy (non-hydrogen) atoms. The van der Waals surface area contributed by atoms with Crippen molar-refractivity contribution in [3.63, 3.8) is 0 Å². The van der Waals surface area contributed by atoms with Crippen molar-refractivity contribution >= 4 is 31.4 Å². The van der Waals surface area contributed by atoms with Crippen molar-refractivity contribution in [2.75, 3.05) is 19.8 Å². The first-order chi connectivity index (χ1) is 10.7. The number of hydrogen-bond acceptors (Lipinski definition) is 3. The smallest absolute Gasteiger partial charge is 0.373 e. The van der Waals surface area contributed by atoms with Gasteiger partial charge in [0.2, 0.25) is 0 Å². The lowest BCUT2D eigenvalue weighted by Gasteiger charge is -2.29. The summed E-state index contributed by atoms with van der Waals surface area (Å²) in [5.41, 5.74) is 2.58. The van der Waals surface area contributed by atoms with Gasteiger partial charge in [0.25, 0.3) is 0 Å². The summed E-state index contributed by atoms with van der Waals surface area (Å²) in [4.78, 5) is 0. The van der Waals surface area contributed by atoms with Crippen LogP contribution < -0.4 is 0 Å². The maximum absolute atomic E-state index is 6.14. The lowest BCUT2D eigenvalue weighted by atomic mass is 10.2. The molecule has 0 bridgehead atoms. The maximum Gasteiger partial charge on any atom is 0.505 e. The monoisotopic (exact) mass is 436 g/mol. The number of alkyl halides is 1. The number of halogens is 1. The van der Waals surface area contributed by atoms with Gasteiger partial charge in [-0.25, -0.2) is 0 Å². The standard InChI is InChI=1S/C17H29IO3Si/c1-4-11-19-22(20-12-5-2,21-13-6-3)15-17-9-7-16(14-18)8-10-17/h7-10H,4-6,11-15H2,1-3H3. The fourth-order valence-electron chi connectivity index (χ4n) is 2.05. The van der Waals surface area contributed by atoms with E-state index in [0.29, 0.717) is 19.8 Å². The van der Waals surface area contributed by atoms with Gasteiger partial charge in [-0.15, -0.1) is 0 Å². The van der Waals surface area contributed by atoms with Crippen molar-refractivity contribution in [3.8, 4) is 0 Å². The molecule has 1 rings (SSSR count). The van der Waals surface area contributed by atoms with Crippen LogP contribution in [0.25, 0.3) is 0 Å². The first-order valence-corrected chi connectivity index (χ1v) is 11.7. The van der Waals surface area contributed by atoms with Crippen molar-refractivity contribution < 1.29 is 13.3 Å². The maximum atomic E-state index is 6.14. The molecule has 0 saturated carbocycles. The molecule has 0 radical (unpaired) electrons. The third-order valence-corrected chi connectivity index (χ3v) is 6.83. The minimum atomic E-state index is -2.63. The van der Waals surface area contributed by atoms with Crippen LogP contribution in [0.3, 0.4) is 0 Å². The highest BCUT2D eigenvalue weighted by Gasteiger charge is 2.41. The summed E-state index contributed by atoms with van der Waals surface area (Å²) in [7, 11) is -2.63. The van der Waals surface area contributed by atoms with Crippen LogP contribution in [0, 0.1) is 0 Å². The van der Waals surface area contributed by atoms with Crippen LogP contribution in [0.4, 0.5) is 0 Å². The quantitative estimate of drug-likeness (QED) is 0.264. The van der Waals surface area contributed by atoms with Gasteiger partial charge in [-0.1, -0.05) is 67.6 Å². The second kappa shape index (κ2) is 11.6. The Kier molecular flexibility index (Phi) is 10.6. The SMILES string of the molecule is CCCO[Si](Cc1ccc(CI)cc1)(OCCC)OCCC. The summed E-state index contributed by atoms with van der Waals surface area (Å²) in [5, 5.41) is 0. The molecule has 0 aromatic heterocycles. The van der Waals surface area contributed by atoms with Gasteiger partial charge in [-0.05, 0) is 30.4 Å². The van der Waals surface area contributed by atoms with Crippen LogP contribution in [0.5, 0.6) is 0 Å². The molecule has 0 spiro atoms. The summed E-state index contributed by atoms with van der Waals surface area (Å²) >= 11 is 2.38. The van der Waals surface area contributed by atoms with Crippen molar-refractivity contribution in [1.29, 1.82) is 0 Å². The van der Waals surface area contributed by atoms with Gasteiger partial charge in [0, 0.05) is 30.3 Å². The van der Waals surface area contributed by atoms with Gasteiger partial charge < -0.3 is 13.3 Å². The Morgan fingerprint density at radius 1 is 0.773 bits per heavy atom. The molecule has 0 N–H and O–H groups in total. The molecular formula is C17H29IO3Si. The van der Waals surface area contributed by atoms with Crippen molar-refractivity contribution in [2.24, 2.45) is 0 Å². The molecule has 1 aromatic carbocycles. The van der Waals surface area contributed by atoms with E-state index >= 15 is 0 Å². The minimum Gasteiger partial charge on any atom is -0.373 e. The predicted molar refractivity (Wildman–Crippen MR) is 102 cm³/mol. The highest BCUT2D eigenvalue weighted by Crippen LogP contribution is 2.19. The van der Waals surface area contributed by atoms with E-state index in [4.69, 9.17) is 13.3 Å². The van der Waals surface area contributed by atoms with Crippen LogP contribution in [0.1, 0.15) is 51.2 Å². The predicted octanol–water partition coefficient (Wildman–Crippen LogP) is 4.92. The molecule has 3 nitrogen and oxygen atoms in total. The fourth-order valence-corrected chi connectivity index (χ4v) is 5.39. The van der Waals surface area contributed by atoms with Crippen molar-refractivity contribution in [1.82, 2.24) is 0 Å². The Labute approximate surface area is 150 Å². The second-order valence-corrected chi connectivity index (χ2v) is 8.70. The van der Waals surface area contributed by atoms with Crippen molar-refractivity contribution in [3.05, 3.63) is 35.4 Å². The Morgan fingerprint density at radius 2 is 1.18 bits per heavy atom. The van der Waals surface area contributed by atoms with E-state index in [0.717, 1.165) is 29.7 Å². The van der Waals surface area contributed by atoms with E-state index in [1.807, 2.05) is 0 Å². The molecule has 126 valence electrons. The van der Waals surface area contributed by atoms with E-state index in [1.165, 1.54) is 11.1 Å². The van der Waals surface area contributed by atoms with Gasteiger partial charge in [0.05, 0.1) is 0 Å². The molecular weight excluding hydrogens is 407 g/mol. The summed E-state index contributed by atoms with van der Waals surface area (Å²) in [6, 6.07) is 9.47. The number of hydrogen-bond donors (Lipinski definition) is 0. The van der Waals surface area contributed by atoms with E-state index in [2.05, 4.69) is 67.6 Å². The molecule has 0 atom stereocenters. The molecule has 0 aliphatic rings. The highest BCUT2D eigenvalue weighted by atomic mass is 127. The molecule has 0 aliphatic carbocycles. The number of benzene rings is 1. The summed E-state index contributed by atoms with van der Waals surface area (Å²) < 4.78 is 19.4. The molecule has 0 saturated heterocycles. The minimum absolute atomic E-state index is 0.700. The van der Waals surface area contributed by atoms with Gasteiger partial charge >= 0.3 is 8.80 Å². The van der Waals surface area contributed by atoms with Crippen LogP contribution in [-0.2, 0) is 23.7 Å². The Hall–Kier alpha value is 0.0469. The molecule has 0 aliphatic heterocycles. The third kappa shape index (κ3) is 7.08. The van der Waals surface area contributed by atoms with E-state index in [1.54, 1.807) is 0 Å². The molecule has 0 heterocycles. The van der Waals surface area contributed by atoms with Crippen LogP contribution in [-0.4, -0.2) is 28.6 Å². The van der Waals surface area contributed by atoms with Crippen molar-refractivity contribution in [2.45, 2.75) is 50.5 Å². The van der Waals surface area contributed by atoms with E-state index < -0.39 is 8.80 Å². The zero-order chi connectivity index (χ0) is 16.3. The van der Waals surface area contributed by atoms with Crippen LogP contribution >= 0.6 is 22.6 Å². The van der Waals surface area contributed by atoms with E-state index in [9.17, 15) is 0 Å². The average molecular weight is 436 g/mol. The lowest BCUT2D eigenvalue weighted by molar-refractivity contribution is 0.0583. The van der Waals surface area contributed by atoms with Gasteiger partial charge in [-0.3, -0.25) is 0 Å². The molecule has 5 heteroatoms. The third-order valence-electron chi connectivity index (χ3n) is 3.18. The fraction of sp³-hybridized carbons (Fsp3) is 0.647. The normalized spacial score (nSPS) is 11.8.